The number of rotatable bonds is 4. The summed E-state index contributed by atoms with van der Waals surface area (Å²) < 4.78 is 7.73. The van der Waals surface area contributed by atoms with E-state index in [0.29, 0.717) is 29.6 Å². The van der Waals surface area contributed by atoms with Crippen molar-refractivity contribution < 1.29 is 4.74 Å². The standard InChI is InChI=1S/C20H26BrN5O2/c1-13-8-25(17-11-28-12-17)9-14(2)26(13)16-4-5-19(22-7-16)23-18-6-15(21)10-24(3)20(18)27/h4-7,10,13-14,17H,8-9,11-12H2,1-3H3,(H,22,23)/t13-,14-/m0/s1. The van der Waals surface area contributed by atoms with Crippen molar-refractivity contribution in [1.29, 1.82) is 0 Å². The van der Waals surface area contributed by atoms with Crippen molar-refractivity contribution in [1.82, 2.24) is 14.5 Å². The molecule has 2 aliphatic rings. The molecule has 4 rings (SSSR count). The first kappa shape index (κ1) is 19.4. The summed E-state index contributed by atoms with van der Waals surface area (Å²) in [6.07, 6.45) is 3.63. The highest BCUT2D eigenvalue weighted by Gasteiger charge is 2.35. The maximum atomic E-state index is 12.3. The van der Waals surface area contributed by atoms with Crippen LogP contribution >= 0.6 is 15.9 Å². The van der Waals surface area contributed by atoms with E-state index in [0.717, 1.165) is 36.5 Å². The van der Waals surface area contributed by atoms with E-state index >= 15 is 0 Å². The molecule has 0 aromatic carbocycles. The minimum absolute atomic E-state index is 0.0904. The predicted molar refractivity (Wildman–Crippen MR) is 114 cm³/mol. The van der Waals surface area contributed by atoms with E-state index in [-0.39, 0.29) is 5.56 Å². The van der Waals surface area contributed by atoms with Crippen molar-refractivity contribution in [2.75, 3.05) is 36.5 Å². The molecular formula is C20H26BrN5O2. The van der Waals surface area contributed by atoms with Gasteiger partial charge in [0.25, 0.3) is 5.56 Å². The predicted octanol–water partition coefficient (Wildman–Crippen LogP) is 2.58. The number of aromatic nitrogens is 2. The molecule has 0 saturated carbocycles. The molecule has 2 aromatic rings. The Hall–Kier alpha value is -1.90. The highest BCUT2D eigenvalue weighted by atomic mass is 79.9. The van der Waals surface area contributed by atoms with Crippen LogP contribution in [0.15, 0.2) is 39.9 Å². The van der Waals surface area contributed by atoms with E-state index in [9.17, 15) is 4.79 Å². The number of piperazine rings is 1. The zero-order valence-corrected chi connectivity index (χ0v) is 18.0. The third-order valence-electron chi connectivity index (χ3n) is 5.54. The van der Waals surface area contributed by atoms with Crippen molar-refractivity contribution >= 4 is 33.1 Å². The van der Waals surface area contributed by atoms with Crippen LogP contribution in [0.5, 0.6) is 0 Å². The van der Waals surface area contributed by atoms with Gasteiger partial charge in [-0.1, -0.05) is 0 Å². The molecule has 28 heavy (non-hydrogen) atoms. The number of halogens is 1. The Kier molecular flexibility index (Phi) is 5.44. The Bertz CT molecular complexity index is 884. The Morgan fingerprint density at radius 2 is 1.93 bits per heavy atom. The molecule has 2 saturated heterocycles. The van der Waals surface area contributed by atoms with E-state index in [1.165, 1.54) is 4.57 Å². The second-order valence-electron chi connectivity index (χ2n) is 7.77. The number of hydrogen-bond donors (Lipinski definition) is 1. The molecule has 0 aliphatic carbocycles. The first-order valence-corrected chi connectivity index (χ1v) is 10.4. The third-order valence-corrected chi connectivity index (χ3v) is 5.98. The quantitative estimate of drug-likeness (QED) is 0.776. The molecule has 4 heterocycles. The minimum Gasteiger partial charge on any atom is -0.378 e. The Labute approximate surface area is 173 Å². The summed E-state index contributed by atoms with van der Waals surface area (Å²) in [5.74, 6) is 0.657. The zero-order chi connectivity index (χ0) is 19.8. The number of hydrogen-bond acceptors (Lipinski definition) is 6. The van der Waals surface area contributed by atoms with Crippen LogP contribution in [0.3, 0.4) is 0 Å². The lowest BCUT2D eigenvalue weighted by molar-refractivity contribution is -0.0726. The second kappa shape index (κ2) is 7.85. The van der Waals surface area contributed by atoms with E-state index in [2.05, 4.69) is 55.9 Å². The summed E-state index contributed by atoms with van der Waals surface area (Å²) in [4.78, 5) is 21.8. The summed E-state index contributed by atoms with van der Waals surface area (Å²) in [6, 6.07) is 7.16. The molecular weight excluding hydrogens is 422 g/mol. The van der Waals surface area contributed by atoms with Crippen LogP contribution < -0.4 is 15.8 Å². The molecule has 1 N–H and O–H groups in total. The monoisotopic (exact) mass is 447 g/mol. The highest BCUT2D eigenvalue weighted by Crippen LogP contribution is 2.27. The van der Waals surface area contributed by atoms with Gasteiger partial charge in [0.1, 0.15) is 11.5 Å². The number of pyridine rings is 2. The molecule has 2 fully saturated rings. The molecule has 0 amide bonds. The Morgan fingerprint density at radius 1 is 1.21 bits per heavy atom. The van der Waals surface area contributed by atoms with Crippen molar-refractivity contribution in [2.45, 2.75) is 32.0 Å². The lowest BCUT2D eigenvalue weighted by Crippen LogP contribution is -2.62. The van der Waals surface area contributed by atoms with Gasteiger partial charge in [-0.2, -0.15) is 0 Å². The average Bonchev–Trinajstić information content (AvgIpc) is 2.58. The molecule has 2 aliphatic heterocycles. The zero-order valence-electron chi connectivity index (χ0n) is 16.4. The van der Waals surface area contributed by atoms with Crippen LogP contribution in [0.25, 0.3) is 0 Å². The topological polar surface area (TPSA) is 62.6 Å². The largest absolute Gasteiger partial charge is 0.378 e. The fourth-order valence-electron chi connectivity index (χ4n) is 4.12. The average molecular weight is 448 g/mol. The second-order valence-corrected chi connectivity index (χ2v) is 8.68. The number of ether oxygens (including phenoxy) is 1. The van der Waals surface area contributed by atoms with Crippen LogP contribution in [0, 0.1) is 0 Å². The van der Waals surface area contributed by atoms with Crippen molar-refractivity contribution in [3.05, 3.63) is 45.4 Å². The van der Waals surface area contributed by atoms with Crippen molar-refractivity contribution in [3.63, 3.8) is 0 Å². The number of anilines is 3. The SMILES string of the molecule is C[C@H]1CN(C2COC2)C[C@H](C)N1c1ccc(Nc2cc(Br)cn(C)c2=O)nc1. The summed E-state index contributed by atoms with van der Waals surface area (Å²) >= 11 is 3.42. The summed E-state index contributed by atoms with van der Waals surface area (Å²) in [5, 5.41) is 3.13. The molecule has 2 aromatic heterocycles. The first-order valence-electron chi connectivity index (χ1n) is 9.62. The molecule has 0 radical (unpaired) electrons. The van der Waals surface area contributed by atoms with Gasteiger partial charge in [0.15, 0.2) is 0 Å². The smallest absolute Gasteiger partial charge is 0.274 e. The fraction of sp³-hybridized carbons (Fsp3) is 0.500. The maximum Gasteiger partial charge on any atom is 0.274 e. The lowest BCUT2D eigenvalue weighted by Gasteiger charge is -2.49. The molecule has 0 spiro atoms. The lowest BCUT2D eigenvalue weighted by atomic mass is 10.0. The van der Waals surface area contributed by atoms with E-state index in [1.54, 1.807) is 19.3 Å². The van der Waals surface area contributed by atoms with Gasteiger partial charge in [0.05, 0.1) is 31.1 Å². The van der Waals surface area contributed by atoms with Gasteiger partial charge in [-0.05, 0) is 48.0 Å². The van der Waals surface area contributed by atoms with E-state index in [1.807, 2.05) is 12.3 Å². The van der Waals surface area contributed by atoms with Crippen molar-refractivity contribution in [3.8, 4) is 0 Å². The summed E-state index contributed by atoms with van der Waals surface area (Å²) in [7, 11) is 1.73. The van der Waals surface area contributed by atoms with Crippen LogP contribution in [-0.4, -0.2) is 58.9 Å². The van der Waals surface area contributed by atoms with Gasteiger partial charge in [-0.3, -0.25) is 9.69 Å². The molecule has 150 valence electrons. The van der Waals surface area contributed by atoms with E-state index < -0.39 is 0 Å². The van der Waals surface area contributed by atoms with Crippen LogP contribution in [0.2, 0.25) is 0 Å². The van der Waals surface area contributed by atoms with E-state index in [4.69, 9.17) is 4.74 Å². The normalized spacial score (nSPS) is 23.5. The summed E-state index contributed by atoms with van der Waals surface area (Å²) in [6.45, 7) is 8.31. The number of nitrogens with zero attached hydrogens (tertiary/aromatic N) is 4. The Balaban J connectivity index is 1.48. The number of aryl methyl sites for hydroxylation is 1. The fourth-order valence-corrected chi connectivity index (χ4v) is 4.65. The molecule has 0 unspecified atom stereocenters. The summed E-state index contributed by atoms with van der Waals surface area (Å²) in [5.41, 5.74) is 1.51. The van der Waals surface area contributed by atoms with Crippen LogP contribution in [0.4, 0.5) is 17.2 Å². The van der Waals surface area contributed by atoms with Crippen LogP contribution in [0.1, 0.15) is 13.8 Å². The molecule has 2 atom stereocenters. The third kappa shape index (κ3) is 3.81. The molecule has 8 heteroatoms. The highest BCUT2D eigenvalue weighted by molar-refractivity contribution is 9.10. The molecule has 0 bridgehead atoms. The minimum atomic E-state index is -0.0904. The Morgan fingerprint density at radius 3 is 2.50 bits per heavy atom. The van der Waals surface area contributed by atoms with Gasteiger partial charge in [0, 0.05) is 42.9 Å². The van der Waals surface area contributed by atoms with Gasteiger partial charge < -0.3 is 19.5 Å². The number of nitrogens with one attached hydrogen (secondary N) is 1. The van der Waals surface area contributed by atoms with Gasteiger partial charge >= 0.3 is 0 Å². The van der Waals surface area contributed by atoms with Gasteiger partial charge in [-0.25, -0.2) is 4.98 Å². The first-order chi connectivity index (χ1) is 13.4. The van der Waals surface area contributed by atoms with Crippen molar-refractivity contribution in [2.24, 2.45) is 7.05 Å². The maximum absolute atomic E-state index is 12.3. The van der Waals surface area contributed by atoms with Gasteiger partial charge in [0.2, 0.25) is 0 Å². The van der Waals surface area contributed by atoms with Crippen LogP contribution in [-0.2, 0) is 11.8 Å². The van der Waals surface area contributed by atoms with Gasteiger partial charge in [-0.15, -0.1) is 0 Å². The molecule has 7 nitrogen and oxygen atoms in total.